The minimum Gasteiger partial charge on any atom is -0.384 e. The average Bonchev–Trinajstić information content (AvgIpc) is 2.99. The Balaban J connectivity index is 2.12. The topological polar surface area (TPSA) is 84.1 Å². The largest absolute Gasteiger partial charge is 0.384 e. The highest BCUT2D eigenvalue weighted by Gasteiger charge is 2.20. The highest BCUT2D eigenvalue weighted by atomic mass is 32.1. The third-order valence-corrected chi connectivity index (χ3v) is 3.87. The Hall–Kier alpha value is -1.80. The van der Waals surface area contributed by atoms with E-state index in [0.29, 0.717) is 23.9 Å². The maximum atomic E-state index is 11.5. The van der Waals surface area contributed by atoms with Crippen molar-refractivity contribution in [1.82, 2.24) is 20.0 Å². The van der Waals surface area contributed by atoms with Crippen LogP contribution in [0.3, 0.4) is 0 Å². The van der Waals surface area contributed by atoms with E-state index in [1.54, 1.807) is 29.6 Å². The Kier molecular flexibility index (Phi) is 4.38. The molecule has 8 heteroatoms. The number of aliphatic hydroxyl groups is 1. The van der Waals surface area contributed by atoms with Gasteiger partial charge in [0, 0.05) is 18.8 Å². The summed E-state index contributed by atoms with van der Waals surface area (Å²) in [6.07, 6.45) is 1.70. The minimum absolute atomic E-state index is 0.0246. The maximum absolute atomic E-state index is 11.5. The van der Waals surface area contributed by atoms with Crippen LogP contribution in [-0.4, -0.2) is 37.5 Å². The molecule has 0 aliphatic rings. The van der Waals surface area contributed by atoms with Crippen LogP contribution >= 0.6 is 11.3 Å². The number of hydrogen-bond acceptors (Lipinski definition) is 6. The van der Waals surface area contributed by atoms with Crippen LogP contribution in [0.5, 0.6) is 0 Å². The van der Waals surface area contributed by atoms with Crippen LogP contribution in [0.2, 0.25) is 0 Å². The monoisotopic (exact) mass is 309 g/mol. The van der Waals surface area contributed by atoms with Gasteiger partial charge in [0.1, 0.15) is 11.3 Å². The number of carbonyl (C=O) groups excluding carboxylic acids is 1. The molecule has 0 spiro atoms. The average molecular weight is 309 g/mol. The van der Waals surface area contributed by atoms with Crippen molar-refractivity contribution in [2.24, 2.45) is 0 Å². The van der Waals surface area contributed by atoms with Crippen molar-refractivity contribution < 1.29 is 9.90 Å². The Morgan fingerprint density at radius 3 is 2.76 bits per heavy atom. The number of thiazole rings is 1. The smallest absolute Gasteiger partial charge is 0.225 e. The zero-order valence-electron chi connectivity index (χ0n) is 12.6. The lowest BCUT2D eigenvalue weighted by Gasteiger charge is -2.14. The van der Waals surface area contributed by atoms with E-state index in [1.165, 1.54) is 18.3 Å². The lowest BCUT2D eigenvalue weighted by molar-refractivity contribution is -0.116. The summed E-state index contributed by atoms with van der Waals surface area (Å²) in [5.41, 5.74) is 0.304. The van der Waals surface area contributed by atoms with Gasteiger partial charge in [-0.25, -0.2) is 9.67 Å². The van der Waals surface area contributed by atoms with Crippen LogP contribution in [0, 0.1) is 0 Å². The molecule has 0 atom stereocenters. The van der Waals surface area contributed by atoms with Crippen molar-refractivity contribution in [3.05, 3.63) is 23.0 Å². The first-order valence-electron chi connectivity index (χ1n) is 6.66. The van der Waals surface area contributed by atoms with Gasteiger partial charge in [-0.1, -0.05) is 5.21 Å². The molecule has 2 rings (SSSR count). The van der Waals surface area contributed by atoms with Crippen LogP contribution in [0.1, 0.15) is 39.1 Å². The third-order valence-electron chi connectivity index (χ3n) is 2.96. The van der Waals surface area contributed by atoms with Crippen molar-refractivity contribution >= 4 is 22.4 Å². The molecule has 0 aromatic carbocycles. The second-order valence-electron chi connectivity index (χ2n) is 5.25. The van der Waals surface area contributed by atoms with Gasteiger partial charge in [0.25, 0.3) is 0 Å². The van der Waals surface area contributed by atoms with Crippen molar-refractivity contribution in [1.29, 1.82) is 0 Å². The standard InChI is InChI=1S/C13H19N5O2S/c1-5-18(9(2)19)12-14-10(8-21-12)6-17-7-11(15-16-17)13(3,4)20/h7-8,20H,5-6H2,1-4H3. The van der Waals surface area contributed by atoms with E-state index >= 15 is 0 Å². The fourth-order valence-electron chi connectivity index (χ4n) is 1.81. The predicted molar refractivity (Wildman–Crippen MR) is 80.2 cm³/mol. The van der Waals surface area contributed by atoms with Crippen LogP contribution < -0.4 is 4.90 Å². The van der Waals surface area contributed by atoms with Crippen LogP contribution in [0.4, 0.5) is 5.13 Å². The summed E-state index contributed by atoms with van der Waals surface area (Å²) < 4.78 is 1.62. The molecule has 0 fully saturated rings. The van der Waals surface area contributed by atoms with E-state index in [2.05, 4.69) is 15.3 Å². The third kappa shape index (κ3) is 3.64. The zero-order valence-corrected chi connectivity index (χ0v) is 13.4. The molecule has 21 heavy (non-hydrogen) atoms. The van der Waals surface area contributed by atoms with E-state index in [1.807, 2.05) is 12.3 Å². The summed E-state index contributed by atoms with van der Waals surface area (Å²) in [5.74, 6) is -0.0246. The van der Waals surface area contributed by atoms with Crippen molar-refractivity contribution in [3.63, 3.8) is 0 Å². The van der Waals surface area contributed by atoms with Gasteiger partial charge in [-0.3, -0.25) is 9.69 Å². The molecule has 2 aromatic rings. The van der Waals surface area contributed by atoms with Gasteiger partial charge in [-0.15, -0.1) is 16.4 Å². The van der Waals surface area contributed by atoms with Gasteiger partial charge in [0.15, 0.2) is 5.13 Å². The van der Waals surface area contributed by atoms with Crippen LogP contribution in [-0.2, 0) is 16.9 Å². The number of anilines is 1. The van der Waals surface area contributed by atoms with E-state index in [-0.39, 0.29) is 5.91 Å². The van der Waals surface area contributed by atoms with Gasteiger partial charge >= 0.3 is 0 Å². The molecule has 2 heterocycles. The molecule has 114 valence electrons. The van der Waals surface area contributed by atoms with E-state index < -0.39 is 5.60 Å². The summed E-state index contributed by atoms with van der Waals surface area (Å²) in [7, 11) is 0. The summed E-state index contributed by atoms with van der Waals surface area (Å²) in [6, 6.07) is 0. The van der Waals surface area contributed by atoms with E-state index in [4.69, 9.17) is 0 Å². The van der Waals surface area contributed by atoms with Gasteiger partial charge in [0.05, 0.1) is 18.4 Å². The Labute approximate surface area is 127 Å². The second-order valence-corrected chi connectivity index (χ2v) is 6.08. The normalized spacial score (nSPS) is 11.7. The summed E-state index contributed by atoms with van der Waals surface area (Å²) >= 11 is 1.43. The molecular formula is C13H19N5O2S. The molecule has 0 bridgehead atoms. The van der Waals surface area contributed by atoms with Gasteiger partial charge in [-0.2, -0.15) is 0 Å². The van der Waals surface area contributed by atoms with Crippen molar-refractivity contribution in [3.8, 4) is 0 Å². The highest BCUT2D eigenvalue weighted by molar-refractivity contribution is 7.14. The number of nitrogens with zero attached hydrogens (tertiary/aromatic N) is 5. The van der Waals surface area contributed by atoms with Gasteiger partial charge < -0.3 is 5.11 Å². The fraction of sp³-hybridized carbons (Fsp3) is 0.538. The maximum Gasteiger partial charge on any atom is 0.225 e. The molecular weight excluding hydrogens is 290 g/mol. The molecule has 0 saturated heterocycles. The first-order chi connectivity index (χ1) is 9.81. The number of carbonyl (C=O) groups is 1. The van der Waals surface area contributed by atoms with Crippen molar-refractivity contribution in [2.45, 2.75) is 39.8 Å². The lowest BCUT2D eigenvalue weighted by atomic mass is 10.1. The summed E-state index contributed by atoms with van der Waals surface area (Å²) in [6.45, 7) is 7.80. The Morgan fingerprint density at radius 1 is 1.52 bits per heavy atom. The molecule has 1 N–H and O–H groups in total. The number of hydrogen-bond donors (Lipinski definition) is 1. The lowest BCUT2D eigenvalue weighted by Crippen LogP contribution is -2.27. The molecule has 0 radical (unpaired) electrons. The number of amides is 1. The predicted octanol–water partition coefficient (Wildman–Crippen LogP) is 1.38. The Bertz CT molecular complexity index is 629. The second kappa shape index (κ2) is 5.90. The zero-order chi connectivity index (χ0) is 15.6. The quantitative estimate of drug-likeness (QED) is 0.902. The molecule has 2 aromatic heterocycles. The SMILES string of the molecule is CCN(C(C)=O)c1nc(Cn2cc(C(C)(C)O)nn2)cs1. The summed E-state index contributed by atoms with van der Waals surface area (Å²) in [4.78, 5) is 17.6. The van der Waals surface area contributed by atoms with Crippen molar-refractivity contribution in [2.75, 3.05) is 11.4 Å². The molecule has 0 aliphatic carbocycles. The van der Waals surface area contributed by atoms with E-state index in [0.717, 1.165) is 5.69 Å². The fourth-order valence-corrected chi connectivity index (χ4v) is 2.73. The van der Waals surface area contributed by atoms with Gasteiger partial charge in [-0.05, 0) is 20.8 Å². The minimum atomic E-state index is -1.01. The van der Waals surface area contributed by atoms with Crippen LogP contribution in [0.15, 0.2) is 11.6 Å². The molecule has 0 aliphatic heterocycles. The molecule has 0 saturated carbocycles. The first kappa shape index (κ1) is 15.6. The van der Waals surface area contributed by atoms with E-state index in [9.17, 15) is 9.90 Å². The molecule has 7 nitrogen and oxygen atoms in total. The molecule has 1 amide bonds. The molecule has 0 unspecified atom stereocenters. The number of aromatic nitrogens is 4. The van der Waals surface area contributed by atoms with Crippen LogP contribution in [0.25, 0.3) is 0 Å². The highest BCUT2D eigenvalue weighted by Crippen LogP contribution is 2.21. The first-order valence-corrected chi connectivity index (χ1v) is 7.54. The Morgan fingerprint density at radius 2 is 2.24 bits per heavy atom. The number of rotatable bonds is 5. The summed E-state index contributed by atoms with van der Waals surface area (Å²) in [5, 5.41) is 20.4. The van der Waals surface area contributed by atoms with Gasteiger partial charge in [0.2, 0.25) is 5.91 Å².